The average Bonchev–Trinajstić information content (AvgIpc) is 2.37. The lowest BCUT2D eigenvalue weighted by Gasteiger charge is -2.21. The van der Waals surface area contributed by atoms with Crippen molar-refractivity contribution >= 4 is 10.0 Å². The minimum atomic E-state index is -4.71. The summed E-state index contributed by atoms with van der Waals surface area (Å²) in [4.78, 5) is 1.14. The Morgan fingerprint density at radius 1 is 1.24 bits per heavy atom. The second-order valence-electron chi connectivity index (χ2n) is 4.97. The van der Waals surface area contributed by atoms with E-state index in [2.05, 4.69) is 4.72 Å². The van der Waals surface area contributed by atoms with E-state index in [-0.39, 0.29) is 12.6 Å². The van der Waals surface area contributed by atoms with Gasteiger partial charge in [0.25, 0.3) is 0 Å². The van der Waals surface area contributed by atoms with Crippen LogP contribution < -0.4 is 4.72 Å². The van der Waals surface area contributed by atoms with Gasteiger partial charge < -0.3 is 4.90 Å². The number of sulfonamides is 1. The Kier molecular flexibility index (Phi) is 5.77. The largest absolute Gasteiger partial charge is 0.417 e. The molecule has 21 heavy (non-hydrogen) atoms. The summed E-state index contributed by atoms with van der Waals surface area (Å²) in [5.41, 5.74) is -1.16. The molecule has 0 aliphatic heterocycles. The predicted molar refractivity (Wildman–Crippen MR) is 74.4 cm³/mol. The van der Waals surface area contributed by atoms with Crippen LogP contribution in [0.2, 0.25) is 0 Å². The van der Waals surface area contributed by atoms with E-state index in [1.807, 2.05) is 25.8 Å². The van der Waals surface area contributed by atoms with Crippen molar-refractivity contribution in [3.63, 3.8) is 0 Å². The molecular weight excluding hydrogens is 305 g/mol. The molecule has 0 radical (unpaired) electrons. The maximum absolute atomic E-state index is 12.8. The van der Waals surface area contributed by atoms with Crippen molar-refractivity contribution in [2.24, 2.45) is 0 Å². The highest BCUT2D eigenvalue weighted by atomic mass is 32.2. The first-order valence-electron chi connectivity index (χ1n) is 6.42. The molecule has 0 fully saturated rings. The van der Waals surface area contributed by atoms with Crippen molar-refractivity contribution in [2.45, 2.75) is 31.0 Å². The molecule has 0 spiro atoms. The summed E-state index contributed by atoms with van der Waals surface area (Å²) in [5.74, 6) is 0. The third kappa shape index (κ3) is 4.98. The van der Waals surface area contributed by atoms with E-state index in [9.17, 15) is 21.6 Å². The van der Waals surface area contributed by atoms with E-state index in [0.29, 0.717) is 6.54 Å². The lowest BCUT2D eigenvalue weighted by Crippen LogP contribution is -2.36. The number of likely N-dealkylation sites (N-methyl/N-ethyl adjacent to an activating group) is 1. The number of nitrogens with one attached hydrogen (secondary N) is 1. The Bertz CT molecular complexity index is 571. The van der Waals surface area contributed by atoms with Crippen LogP contribution in [0.3, 0.4) is 0 Å². The maximum atomic E-state index is 12.8. The molecule has 0 heterocycles. The first-order chi connectivity index (χ1) is 9.55. The van der Waals surface area contributed by atoms with Gasteiger partial charge in [-0.05, 0) is 33.0 Å². The van der Waals surface area contributed by atoms with Gasteiger partial charge in [0, 0.05) is 19.1 Å². The molecule has 0 amide bonds. The Hall–Kier alpha value is -1.12. The number of hydrogen-bond acceptors (Lipinski definition) is 3. The summed E-state index contributed by atoms with van der Waals surface area (Å²) in [7, 11) is -2.38. The van der Waals surface area contributed by atoms with Crippen LogP contribution in [0.5, 0.6) is 0 Å². The molecule has 0 saturated carbocycles. The van der Waals surface area contributed by atoms with Gasteiger partial charge in [0.2, 0.25) is 10.0 Å². The first-order valence-corrected chi connectivity index (χ1v) is 7.90. The van der Waals surface area contributed by atoms with Gasteiger partial charge in [-0.2, -0.15) is 13.2 Å². The molecule has 120 valence electrons. The molecule has 1 rings (SSSR count). The molecule has 0 unspecified atom stereocenters. The smallest absolute Gasteiger partial charge is 0.303 e. The van der Waals surface area contributed by atoms with E-state index in [4.69, 9.17) is 0 Å². The monoisotopic (exact) mass is 324 g/mol. The molecule has 1 N–H and O–H groups in total. The van der Waals surface area contributed by atoms with E-state index in [0.717, 1.165) is 18.2 Å². The quantitative estimate of drug-likeness (QED) is 0.874. The van der Waals surface area contributed by atoms with Crippen LogP contribution in [0.25, 0.3) is 0 Å². The van der Waals surface area contributed by atoms with Crippen LogP contribution in [-0.4, -0.2) is 39.5 Å². The van der Waals surface area contributed by atoms with Crippen LogP contribution in [0.1, 0.15) is 19.4 Å². The molecule has 4 nitrogen and oxygen atoms in total. The fourth-order valence-corrected chi connectivity index (χ4v) is 2.87. The highest BCUT2D eigenvalue weighted by Gasteiger charge is 2.36. The Labute approximate surface area is 123 Å². The minimum Gasteiger partial charge on any atom is -0.303 e. The summed E-state index contributed by atoms with van der Waals surface area (Å²) >= 11 is 0. The molecular formula is C13H19F3N2O2S. The predicted octanol–water partition coefficient (Wildman–Crippen LogP) is 2.32. The van der Waals surface area contributed by atoms with Crippen LogP contribution in [0.15, 0.2) is 29.2 Å². The third-order valence-corrected chi connectivity index (χ3v) is 4.64. The Morgan fingerprint density at radius 3 is 2.33 bits per heavy atom. The van der Waals surface area contributed by atoms with Gasteiger partial charge in [-0.3, -0.25) is 0 Å². The second kappa shape index (κ2) is 6.76. The number of alkyl halides is 3. The van der Waals surface area contributed by atoms with E-state index >= 15 is 0 Å². The number of benzene rings is 1. The molecule has 0 saturated heterocycles. The van der Waals surface area contributed by atoms with Crippen LogP contribution >= 0.6 is 0 Å². The zero-order valence-corrected chi connectivity index (χ0v) is 12.9. The van der Waals surface area contributed by atoms with Crippen molar-refractivity contribution in [1.82, 2.24) is 9.62 Å². The summed E-state index contributed by atoms with van der Waals surface area (Å²) in [6.45, 7) is 4.33. The van der Waals surface area contributed by atoms with Crippen molar-refractivity contribution in [3.05, 3.63) is 29.8 Å². The van der Waals surface area contributed by atoms with E-state index < -0.39 is 26.7 Å². The van der Waals surface area contributed by atoms with Crippen LogP contribution in [0, 0.1) is 0 Å². The molecule has 1 aromatic carbocycles. The van der Waals surface area contributed by atoms with Crippen molar-refractivity contribution in [3.8, 4) is 0 Å². The summed E-state index contributed by atoms with van der Waals surface area (Å²) < 4.78 is 64.8. The molecule has 0 aliphatic rings. The minimum absolute atomic E-state index is 0.0448. The molecule has 0 aliphatic carbocycles. The van der Waals surface area contributed by atoms with Gasteiger partial charge in [-0.1, -0.05) is 12.1 Å². The standard InChI is InChI=1S/C13H19F3N2O2S/c1-10(2)18(3)9-8-17-21(19,20)12-7-5-4-6-11(12)13(14,15)16/h4-7,10,17H,8-9H2,1-3H3. The first kappa shape index (κ1) is 17.9. The van der Waals surface area contributed by atoms with Gasteiger partial charge in [0.05, 0.1) is 10.5 Å². The van der Waals surface area contributed by atoms with Gasteiger partial charge in [0.15, 0.2) is 0 Å². The fourth-order valence-electron chi connectivity index (χ4n) is 1.63. The second-order valence-corrected chi connectivity index (χ2v) is 6.70. The highest BCUT2D eigenvalue weighted by Crippen LogP contribution is 2.33. The molecule has 1 aromatic rings. The number of rotatable bonds is 6. The summed E-state index contributed by atoms with van der Waals surface area (Å²) in [5, 5.41) is 0. The SMILES string of the molecule is CC(C)N(C)CCNS(=O)(=O)c1ccccc1C(F)(F)F. The molecule has 0 aromatic heterocycles. The average molecular weight is 324 g/mol. The van der Waals surface area contributed by atoms with E-state index in [1.165, 1.54) is 6.07 Å². The van der Waals surface area contributed by atoms with Crippen molar-refractivity contribution < 1.29 is 21.6 Å². The zero-order chi connectivity index (χ0) is 16.3. The molecule has 8 heteroatoms. The maximum Gasteiger partial charge on any atom is 0.417 e. The van der Waals surface area contributed by atoms with Gasteiger partial charge in [-0.25, -0.2) is 13.1 Å². The third-order valence-electron chi connectivity index (χ3n) is 3.12. The molecule has 0 bridgehead atoms. The lowest BCUT2D eigenvalue weighted by molar-refractivity contribution is -0.139. The van der Waals surface area contributed by atoms with Crippen LogP contribution in [0.4, 0.5) is 13.2 Å². The highest BCUT2D eigenvalue weighted by molar-refractivity contribution is 7.89. The van der Waals surface area contributed by atoms with Gasteiger partial charge in [-0.15, -0.1) is 0 Å². The van der Waals surface area contributed by atoms with Crippen molar-refractivity contribution in [1.29, 1.82) is 0 Å². The molecule has 0 atom stereocenters. The zero-order valence-electron chi connectivity index (χ0n) is 12.1. The summed E-state index contributed by atoms with van der Waals surface area (Å²) in [6, 6.07) is 4.36. The van der Waals surface area contributed by atoms with Gasteiger partial charge >= 0.3 is 6.18 Å². The Morgan fingerprint density at radius 2 is 1.81 bits per heavy atom. The topological polar surface area (TPSA) is 49.4 Å². The number of nitrogens with zero attached hydrogens (tertiary/aromatic N) is 1. The van der Waals surface area contributed by atoms with Gasteiger partial charge in [0.1, 0.15) is 0 Å². The summed E-state index contributed by atoms with van der Waals surface area (Å²) in [6.07, 6.45) is -4.71. The van der Waals surface area contributed by atoms with E-state index in [1.54, 1.807) is 0 Å². The lowest BCUT2D eigenvalue weighted by atomic mass is 10.2. The normalized spacial score (nSPS) is 13.1. The fraction of sp³-hybridized carbons (Fsp3) is 0.538. The Balaban J connectivity index is 2.90. The number of hydrogen-bond donors (Lipinski definition) is 1. The number of halogens is 3. The van der Waals surface area contributed by atoms with Crippen LogP contribution in [-0.2, 0) is 16.2 Å². The van der Waals surface area contributed by atoms with Crippen molar-refractivity contribution in [2.75, 3.05) is 20.1 Å².